The quantitative estimate of drug-likeness (QED) is 0.683. The van der Waals surface area contributed by atoms with Crippen LogP contribution in [0.15, 0.2) is 30.3 Å². The molecule has 0 aliphatic heterocycles. The maximum atomic E-state index is 12.5. The van der Waals surface area contributed by atoms with Gasteiger partial charge >= 0.3 is 6.03 Å². The van der Waals surface area contributed by atoms with Crippen LogP contribution in [0.1, 0.15) is 24.9 Å². The number of aliphatic hydroxyl groups is 1. The number of nitrogens with two attached hydrogens (primary N) is 1. The van der Waals surface area contributed by atoms with Gasteiger partial charge in [0, 0.05) is 19.7 Å². The van der Waals surface area contributed by atoms with E-state index in [1.165, 1.54) is 0 Å². The molecular formula is C14H21N3O3. The Hall–Kier alpha value is -2.08. The van der Waals surface area contributed by atoms with E-state index in [1.807, 2.05) is 13.0 Å². The van der Waals surface area contributed by atoms with Crippen molar-refractivity contribution in [1.29, 1.82) is 0 Å². The van der Waals surface area contributed by atoms with E-state index in [1.54, 1.807) is 29.2 Å². The predicted molar refractivity (Wildman–Crippen MR) is 75.9 cm³/mol. The second kappa shape index (κ2) is 8.16. The van der Waals surface area contributed by atoms with E-state index >= 15 is 0 Å². The Morgan fingerprint density at radius 3 is 2.50 bits per heavy atom. The molecule has 3 amide bonds. The number of rotatable bonds is 7. The minimum absolute atomic E-state index is 0.0169. The second-order valence-corrected chi connectivity index (χ2v) is 4.35. The molecule has 0 fully saturated rings. The fraction of sp³-hybridized carbons (Fsp3) is 0.429. The Kier molecular flexibility index (Phi) is 6.52. The third-order valence-electron chi connectivity index (χ3n) is 2.95. The van der Waals surface area contributed by atoms with Crippen molar-refractivity contribution in [3.63, 3.8) is 0 Å². The van der Waals surface area contributed by atoms with E-state index in [-0.39, 0.29) is 12.5 Å². The predicted octanol–water partition coefficient (Wildman–Crippen LogP) is 0.627. The van der Waals surface area contributed by atoms with Gasteiger partial charge in [-0.3, -0.25) is 4.79 Å². The Morgan fingerprint density at radius 1 is 1.35 bits per heavy atom. The lowest BCUT2D eigenvalue weighted by atomic mass is 10.1. The molecule has 0 bridgehead atoms. The molecule has 0 aromatic heterocycles. The molecule has 0 saturated heterocycles. The highest BCUT2D eigenvalue weighted by Crippen LogP contribution is 2.16. The van der Waals surface area contributed by atoms with Gasteiger partial charge in [0.15, 0.2) is 0 Å². The first kappa shape index (κ1) is 16.0. The maximum Gasteiger partial charge on any atom is 0.313 e. The van der Waals surface area contributed by atoms with E-state index < -0.39 is 12.1 Å². The highest BCUT2D eigenvalue weighted by molar-refractivity contribution is 5.87. The van der Waals surface area contributed by atoms with Gasteiger partial charge in [-0.1, -0.05) is 30.3 Å². The summed E-state index contributed by atoms with van der Waals surface area (Å²) < 4.78 is 0. The van der Waals surface area contributed by atoms with Gasteiger partial charge in [-0.15, -0.1) is 0 Å². The van der Waals surface area contributed by atoms with Crippen molar-refractivity contribution < 1.29 is 14.7 Å². The molecule has 0 aliphatic rings. The van der Waals surface area contributed by atoms with Gasteiger partial charge in [0.1, 0.15) is 6.04 Å². The average molecular weight is 279 g/mol. The molecule has 0 spiro atoms. The lowest BCUT2D eigenvalue weighted by Crippen LogP contribution is -2.45. The lowest BCUT2D eigenvalue weighted by molar-refractivity contribution is -0.133. The highest BCUT2D eigenvalue weighted by atomic mass is 16.3. The monoisotopic (exact) mass is 279 g/mol. The largest absolute Gasteiger partial charge is 0.396 e. The van der Waals surface area contributed by atoms with Crippen LogP contribution in [0.4, 0.5) is 4.79 Å². The number of hydrogen-bond donors (Lipinski definition) is 3. The smallest absolute Gasteiger partial charge is 0.313 e. The summed E-state index contributed by atoms with van der Waals surface area (Å²) in [6, 6.07) is 7.40. The van der Waals surface area contributed by atoms with Gasteiger partial charge in [-0.05, 0) is 18.9 Å². The molecule has 0 saturated carbocycles. The number of urea groups is 1. The molecule has 6 heteroatoms. The molecule has 1 unspecified atom stereocenters. The number of hydrogen-bond acceptors (Lipinski definition) is 3. The fourth-order valence-electron chi connectivity index (χ4n) is 1.94. The summed E-state index contributed by atoms with van der Waals surface area (Å²) in [7, 11) is 0. The summed E-state index contributed by atoms with van der Waals surface area (Å²) in [5.74, 6) is -0.231. The van der Waals surface area contributed by atoms with Crippen LogP contribution in [0, 0.1) is 0 Å². The zero-order valence-corrected chi connectivity index (χ0v) is 11.6. The standard InChI is InChI=1S/C14H21N3O3/c1-2-17(9-6-10-18)13(19)12(16-14(15)20)11-7-4-3-5-8-11/h3-5,7-8,12,18H,2,6,9-10H2,1H3,(H3,15,16,20). The third kappa shape index (κ3) is 4.55. The highest BCUT2D eigenvalue weighted by Gasteiger charge is 2.25. The Balaban J connectivity index is 2.92. The summed E-state index contributed by atoms with van der Waals surface area (Å²) >= 11 is 0. The molecule has 0 heterocycles. The Morgan fingerprint density at radius 2 is 2.00 bits per heavy atom. The minimum Gasteiger partial charge on any atom is -0.396 e. The van der Waals surface area contributed by atoms with Crippen molar-refractivity contribution in [3.05, 3.63) is 35.9 Å². The van der Waals surface area contributed by atoms with Crippen LogP contribution in [0.5, 0.6) is 0 Å². The molecule has 20 heavy (non-hydrogen) atoms. The van der Waals surface area contributed by atoms with Crippen LogP contribution in [-0.2, 0) is 4.79 Å². The number of amides is 3. The van der Waals surface area contributed by atoms with Crippen molar-refractivity contribution in [1.82, 2.24) is 10.2 Å². The summed E-state index contributed by atoms with van der Waals surface area (Å²) in [6.07, 6.45) is 0.498. The van der Waals surface area contributed by atoms with E-state index in [9.17, 15) is 9.59 Å². The Labute approximate surface area is 118 Å². The van der Waals surface area contributed by atoms with Crippen LogP contribution in [0.2, 0.25) is 0 Å². The third-order valence-corrected chi connectivity index (χ3v) is 2.95. The number of aliphatic hydroxyl groups excluding tert-OH is 1. The first-order valence-electron chi connectivity index (χ1n) is 6.60. The molecule has 1 aromatic rings. The summed E-state index contributed by atoms with van der Waals surface area (Å²) in [5.41, 5.74) is 5.83. The van der Waals surface area contributed by atoms with Gasteiger partial charge in [0.25, 0.3) is 0 Å². The van der Waals surface area contributed by atoms with Crippen LogP contribution in [0.3, 0.4) is 0 Å². The van der Waals surface area contributed by atoms with Crippen LogP contribution >= 0.6 is 0 Å². The first-order valence-corrected chi connectivity index (χ1v) is 6.60. The normalized spacial score (nSPS) is 11.7. The molecule has 0 radical (unpaired) electrons. The van der Waals surface area contributed by atoms with Crippen LogP contribution in [-0.4, -0.2) is 41.6 Å². The number of nitrogens with one attached hydrogen (secondary N) is 1. The van der Waals surface area contributed by atoms with Crippen LogP contribution in [0.25, 0.3) is 0 Å². The zero-order valence-electron chi connectivity index (χ0n) is 11.6. The number of likely N-dealkylation sites (N-methyl/N-ethyl adjacent to an activating group) is 1. The van der Waals surface area contributed by atoms with E-state index in [0.29, 0.717) is 25.1 Å². The first-order chi connectivity index (χ1) is 9.60. The Bertz CT molecular complexity index is 437. The van der Waals surface area contributed by atoms with Crippen molar-refractivity contribution >= 4 is 11.9 Å². The topological polar surface area (TPSA) is 95.7 Å². The number of carbonyl (C=O) groups is 2. The molecule has 1 aromatic carbocycles. The SMILES string of the molecule is CCN(CCCO)C(=O)C(NC(N)=O)c1ccccc1. The summed E-state index contributed by atoms with van der Waals surface area (Å²) in [5, 5.41) is 11.3. The van der Waals surface area contributed by atoms with Crippen molar-refractivity contribution in [2.75, 3.05) is 19.7 Å². The number of nitrogens with zero attached hydrogens (tertiary/aromatic N) is 1. The van der Waals surface area contributed by atoms with Gasteiger partial charge < -0.3 is 21.1 Å². The second-order valence-electron chi connectivity index (χ2n) is 4.35. The molecular weight excluding hydrogens is 258 g/mol. The van der Waals surface area contributed by atoms with Gasteiger partial charge in [-0.25, -0.2) is 4.79 Å². The van der Waals surface area contributed by atoms with Crippen LogP contribution < -0.4 is 11.1 Å². The van der Waals surface area contributed by atoms with Gasteiger partial charge in [0.05, 0.1) is 0 Å². The van der Waals surface area contributed by atoms with Gasteiger partial charge in [0.2, 0.25) is 5.91 Å². The molecule has 110 valence electrons. The van der Waals surface area contributed by atoms with Crippen molar-refractivity contribution in [3.8, 4) is 0 Å². The summed E-state index contributed by atoms with van der Waals surface area (Å²) in [6.45, 7) is 2.81. The van der Waals surface area contributed by atoms with E-state index in [4.69, 9.17) is 10.8 Å². The number of benzene rings is 1. The van der Waals surface area contributed by atoms with Crippen molar-refractivity contribution in [2.24, 2.45) is 5.73 Å². The van der Waals surface area contributed by atoms with E-state index in [0.717, 1.165) is 0 Å². The fourth-order valence-corrected chi connectivity index (χ4v) is 1.94. The van der Waals surface area contributed by atoms with Gasteiger partial charge in [-0.2, -0.15) is 0 Å². The molecule has 4 N–H and O–H groups in total. The van der Waals surface area contributed by atoms with E-state index in [2.05, 4.69) is 5.32 Å². The molecule has 1 rings (SSSR count). The maximum absolute atomic E-state index is 12.5. The summed E-state index contributed by atoms with van der Waals surface area (Å²) in [4.78, 5) is 25.2. The zero-order chi connectivity index (χ0) is 15.0. The molecule has 0 aliphatic carbocycles. The average Bonchev–Trinajstić information content (AvgIpc) is 2.46. The number of primary amides is 1. The van der Waals surface area contributed by atoms with Crippen molar-refractivity contribution in [2.45, 2.75) is 19.4 Å². The molecule has 1 atom stereocenters. The lowest BCUT2D eigenvalue weighted by Gasteiger charge is -2.26. The number of carbonyl (C=O) groups excluding carboxylic acids is 2. The minimum atomic E-state index is -0.799. The molecule has 6 nitrogen and oxygen atoms in total.